The lowest BCUT2D eigenvalue weighted by Gasteiger charge is -2.24. The van der Waals surface area contributed by atoms with E-state index in [-0.39, 0.29) is 11.6 Å². The minimum atomic E-state index is -3.72. The lowest BCUT2D eigenvalue weighted by Crippen LogP contribution is -2.34. The molecule has 0 fully saturated rings. The van der Waals surface area contributed by atoms with Crippen LogP contribution in [0.2, 0.25) is 0 Å². The first-order valence-electron chi connectivity index (χ1n) is 7.48. The molecule has 0 atom stereocenters. The van der Waals surface area contributed by atoms with Gasteiger partial charge in [-0.05, 0) is 36.4 Å². The number of rotatable bonds is 6. The second-order valence-electron chi connectivity index (χ2n) is 5.09. The Labute approximate surface area is 142 Å². The highest BCUT2D eigenvalue weighted by Crippen LogP contribution is 2.23. The molecule has 3 aromatic carbocycles. The summed E-state index contributed by atoms with van der Waals surface area (Å²) in [6.07, 6.45) is 0. The lowest BCUT2D eigenvalue weighted by atomic mass is 10.3. The average molecular weight is 339 g/mol. The SMILES string of the molecule is O=S(=O)(c1ccccc1)N(COc1ccccc1)c1ccccc1. The van der Waals surface area contributed by atoms with E-state index in [2.05, 4.69) is 0 Å². The zero-order chi connectivity index (χ0) is 16.8. The zero-order valence-corrected chi connectivity index (χ0v) is 13.8. The molecule has 122 valence electrons. The molecule has 5 heteroatoms. The normalized spacial score (nSPS) is 11.0. The largest absolute Gasteiger partial charge is 0.472 e. The van der Waals surface area contributed by atoms with Crippen molar-refractivity contribution in [2.24, 2.45) is 0 Å². The topological polar surface area (TPSA) is 46.6 Å². The van der Waals surface area contributed by atoms with Gasteiger partial charge < -0.3 is 4.74 Å². The Morgan fingerprint density at radius 1 is 0.708 bits per heavy atom. The molecule has 0 amide bonds. The fourth-order valence-electron chi connectivity index (χ4n) is 2.25. The Morgan fingerprint density at radius 2 is 1.21 bits per heavy atom. The predicted octanol–water partition coefficient (Wildman–Crippen LogP) is 3.92. The fraction of sp³-hybridized carbons (Fsp3) is 0.0526. The number of para-hydroxylation sites is 2. The van der Waals surface area contributed by atoms with Crippen molar-refractivity contribution < 1.29 is 13.2 Å². The zero-order valence-electron chi connectivity index (χ0n) is 12.9. The van der Waals surface area contributed by atoms with Crippen molar-refractivity contribution in [1.82, 2.24) is 0 Å². The minimum absolute atomic E-state index is 0.106. The number of nitrogens with zero attached hydrogens (tertiary/aromatic N) is 1. The molecule has 0 saturated carbocycles. The first-order chi connectivity index (χ1) is 11.7. The number of anilines is 1. The van der Waals surface area contributed by atoms with Crippen molar-refractivity contribution in [3.63, 3.8) is 0 Å². The maximum Gasteiger partial charge on any atom is 0.267 e. The maximum atomic E-state index is 13.0. The molecule has 24 heavy (non-hydrogen) atoms. The van der Waals surface area contributed by atoms with Crippen LogP contribution in [0.25, 0.3) is 0 Å². The summed E-state index contributed by atoms with van der Waals surface area (Å²) >= 11 is 0. The number of sulfonamides is 1. The average Bonchev–Trinajstić information content (AvgIpc) is 2.64. The van der Waals surface area contributed by atoms with E-state index in [4.69, 9.17) is 4.74 Å². The Hall–Kier alpha value is -2.79. The number of hydrogen-bond donors (Lipinski definition) is 0. The number of ether oxygens (including phenoxy) is 1. The van der Waals surface area contributed by atoms with Crippen molar-refractivity contribution in [2.75, 3.05) is 11.0 Å². The van der Waals surface area contributed by atoms with Gasteiger partial charge in [-0.25, -0.2) is 12.7 Å². The van der Waals surface area contributed by atoms with E-state index in [9.17, 15) is 8.42 Å². The molecule has 0 N–H and O–H groups in total. The molecular weight excluding hydrogens is 322 g/mol. The molecule has 3 rings (SSSR count). The Morgan fingerprint density at radius 3 is 1.79 bits per heavy atom. The quantitative estimate of drug-likeness (QED) is 0.640. The van der Waals surface area contributed by atoms with Gasteiger partial charge >= 0.3 is 0 Å². The summed E-state index contributed by atoms with van der Waals surface area (Å²) in [5.41, 5.74) is 0.553. The summed E-state index contributed by atoms with van der Waals surface area (Å²) < 4.78 is 32.9. The summed E-state index contributed by atoms with van der Waals surface area (Å²) in [7, 11) is -3.72. The van der Waals surface area contributed by atoms with Crippen LogP contribution in [0.3, 0.4) is 0 Å². The molecule has 0 heterocycles. The highest BCUT2D eigenvalue weighted by molar-refractivity contribution is 7.92. The smallest absolute Gasteiger partial charge is 0.267 e. The van der Waals surface area contributed by atoms with Crippen LogP contribution in [0.1, 0.15) is 0 Å². The van der Waals surface area contributed by atoms with Gasteiger partial charge in [0, 0.05) is 0 Å². The number of hydrogen-bond acceptors (Lipinski definition) is 3. The molecule has 0 aliphatic heterocycles. The van der Waals surface area contributed by atoms with Gasteiger partial charge in [0.05, 0.1) is 10.6 Å². The van der Waals surface area contributed by atoms with Gasteiger partial charge in [-0.3, -0.25) is 0 Å². The van der Waals surface area contributed by atoms with Crippen molar-refractivity contribution in [1.29, 1.82) is 0 Å². The number of benzene rings is 3. The molecule has 0 radical (unpaired) electrons. The van der Waals surface area contributed by atoms with E-state index in [0.29, 0.717) is 11.4 Å². The van der Waals surface area contributed by atoms with Gasteiger partial charge in [0.15, 0.2) is 6.73 Å². The summed E-state index contributed by atoms with van der Waals surface area (Å²) in [5, 5.41) is 0. The monoisotopic (exact) mass is 339 g/mol. The van der Waals surface area contributed by atoms with Crippen LogP contribution < -0.4 is 9.04 Å². The molecule has 0 spiro atoms. The molecule has 0 unspecified atom stereocenters. The third-order valence-corrected chi connectivity index (χ3v) is 5.23. The first-order valence-corrected chi connectivity index (χ1v) is 8.92. The summed E-state index contributed by atoms with van der Waals surface area (Å²) in [6.45, 7) is -0.106. The maximum absolute atomic E-state index is 13.0. The molecule has 0 aliphatic carbocycles. The van der Waals surface area contributed by atoms with Gasteiger partial charge in [-0.15, -0.1) is 0 Å². The summed E-state index contributed by atoms with van der Waals surface area (Å²) in [6, 6.07) is 26.4. The van der Waals surface area contributed by atoms with E-state index >= 15 is 0 Å². The molecule has 0 aromatic heterocycles. The van der Waals surface area contributed by atoms with Gasteiger partial charge in [-0.2, -0.15) is 0 Å². The van der Waals surface area contributed by atoms with Crippen molar-refractivity contribution >= 4 is 15.7 Å². The van der Waals surface area contributed by atoms with Crippen LogP contribution in [-0.4, -0.2) is 15.1 Å². The van der Waals surface area contributed by atoms with Crippen LogP contribution >= 0.6 is 0 Å². The van der Waals surface area contributed by atoms with Gasteiger partial charge in [0.25, 0.3) is 10.0 Å². The van der Waals surface area contributed by atoms with Gasteiger partial charge in [-0.1, -0.05) is 54.6 Å². The van der Waals surface area contributed by atoms with Crippen LogP contribution in [-0.2, 0) is 10.0 Å². The third kappa shape index (κ3) is 3.58. The van der Waals surface area contributed by atoms with Crippen LogP contribution in [0, 0.1) is 0 Å². The van der Waals surface area contributed by atoms with Crippen LogP contribution in [0.5, 0.6) is 5.75 Å². The van der Waals surface area contributed by atoms with E-state index in [0.717, 1.165) is 0 Å². The molecule has 3 aromatic rings. The Bertz CT molecular complexity index is 866. The van der Waals surface area contributed by atoms with Gasteiger partial charge in [0.2, 0.25) is 0 Å². The van der Waals surface area contributed by atoms with Gasteiger partial charge in [0.1, 0.15) is 5.75 Å². The Balaban J connectivity index is 1.94. The summed E-state index contributed by atoms with van der Waals surface area (Å²) in [5.74, 6) is 0.613. The molecule has 0 aliphatic rings. The van der Waals surface area contributed by atoms with Crippen molar-refractivity contribution in [3.05, 3.63) is 91.0 Å². The van der Waals surface area contributed by atoms with E-state index in [1.54, 1.807) is 66.7 Å². The second-order valence-corrected chi connectivity index (χ2v) is 6.95. The fourth-order valence-corrected chi connectivity index (χ4v) is 3.59. The van der Waals surface area contributed by atoms with Crippen molar-refractivity contribution in [3.8, 4) is 5.75 Å². The third-order valence-electron chi connectivity index (χ3n) is 3.47. The highest BCUT2D eigenvalue weighted by Gasteiger charge is 2.25. The minimum Gasteiger partial charge on any atom is -0.472 e. The van der Waals surface area contributed by atoms with E-state index < -0.39 is 10.0 Å². The van der Waals surface area contributed by atoms with Crippen LogP contribution in [0.15, 0.2) is 95.9 Å². The summed E-state index contributed by atoms with van der Waals surface area (Å²) in [4.78, 5) is 0.227. The molecule has 0 bridgehead atoms. The molecule has 0 saturated heterocycles. The van der Waals surface area contributed by atoms with Crippen LogP contribution in [0.4, 0.5) is 5.69 Å². The first kappa shape index (κ1) is 16.1. The molecule has 4 nitrogen and oxygen atoms in total. The van der Waals surface area contributed by atoms with Crippen molar-refractivity contribution in [2.45, 2.75) is 4.90 Å². The molecular formula is C19H17NO3S. The predicted molar refractivity (Wildman–Crippen MR) is 94.5 cm³/mol. The Kier molecular flexibility index (Phi) is 4.82. The second kappa shape index (κ2) is 7.19. The lowest BCUT2D eigenvalue weighted by molar-refractivity contribution is 0.330. The van der Waals surface area contributed by atoms with E-state index in [1.165, 1.54) is 4.31 Å². The standard InChI is InChI=1S/C19H17NO3S/c21-24(22,19-14-8-3-9-15-19)20(17-10-4-1-5-11-17)16-23-18-12-6-2-7-13-18/h1-15H,16H2. The highest BCUT2D eigenvalue weighted by atomic mass is 32.2. The van der Waals surface area contributed by atoms with E-state index in [1.807, 2.05) is 24.3 Å².